The van der Waals surface area contributed by atoms with Crippen molar-refractivity contribution in [2.75, 3.05) is 6.54 Å². The summed E-state index contributed by atoms with van der Waals surface area (Å²) in [5.74, 6) is 0. The highest BCUT2D eigenvalue weighted by molar-refractivity contribution is 7.10. The van der Waals surface area contributed by atoms with E-state index in [0.717, 1.165) is 6.54 Å². The van der Waals surface area contributed by atoms with Crippen molar-refractivity contribution in [2.45, 2.75) is 13.0 Å². The molecule has 0 aliphatic carbocycles. The molecule has 0 radical (unpaired) electrons. The molecule has 1 heterocycles. The molecule has 1 aromatic heterocycles. The second-order valence-electron chi connectivity index (χ2n) is 3.96. The van der Waals surface area contributed by atoms with Gasteiger partial charge in [0.1, 0.15) is 0 Å². The minimum atomic E-state index is 0.426. The molecule has 1 nitrogen and oxygen atoms in total. The Labute approximate surface area is 107 Å². The number of hydrogen-bond acceptors (Lipinski definition) is 2. The molecule has 0 unspecified atom stereocenters. The minimum absolute atomic E-state index is 0.426. The molecule has 0 bridgehead atoms. The van der Waals surface area contributed by atoms with E-state index in [-0.39, 0.29) is 0 Å². The fourth-order valence-corrected chi connectivity index (χ4v) is 2.40. The van der Waals surface area contributed by atoms with Gasteiger partial charge in [-0.25, -0.2) is 0 Å². The molecule has 0 amide bonds. The van der Waals surface area contributed by atoms with Crippen LogP contribution in [0.25, 0.3) is 6.08 Å². The van der Waals surface area contributed by atoms with Crippen molar-refractivity contribution in [2.24, 2.45) is 0 Å². The Kier molecular flexibility index (Phi) is 4.54. The van der Waals surface area contributed by atoms with Gasteiger partial charge in [-0.1, -0.05) is 48.6 Å². The van der Waals surface area contributed by atoms with E-state index < -0.39 is 0 Å². The van der Waals surface area contributed by atoms with Crippen molar-refractivity contribution in [3.8, 4) is 0 Å². The van der Waals surface area contributed by atoms with Crippen molar-refractivity contribution in [1.29, 1.82) is 0 Å². The quantitative estimate of drug-likeness (QED) is 0.833. The summed E-state index contributed by atoms with van der Waals surface area (Å²) in [5.41, 5.74) is 1.25. The van der Waals surface area contributed by atoms with Crippen molar-refractivity contribution < 1.29 is 0 Å². The molecule has 0 spiro atoms. The molecule has 1 N–H and O–H groups in total. The molecule has 2 aromatic rings. The summed E-state index contributed by atoms with van der Waals surface area (Å²) in [4.78, 5) is 1.39. The molecule has 0 aliphatic rings. The van der Waals surface area contributed by atoms with E-state index in [0.29, 0.717) is 6.04 Å². The van der Waals surface area contributed by atoms with Crippen LogP contribution in [0.4, 0.5) is 0 Å². The van der Waals surface area contributed by atoms with Crippen LogP contribution < -0.4 is 5.32 Å². The van der Waals surface area contributed by atoms with Crippen LogP contribution in [-0.2, 0) is 0 Å². The smallest absolute Gasteiger partial charge is 0.0388 e. The molecule has 1 aromatic carbocycles. The highest BCUT2D eigenvalue weighted by Crippen LogP contribution is 2.17. The van der Waals surface area contributed by atoms with Gasteiger partial charge in [-0.05, 0) is 23.9 Å². The Morgan fingerprint density at radius 1 is 1.18 bits per heavy atom. The highest BCUT2D eigenvalue weighted by atomic mass is 32.1. The van der Waals surface area contributed by atoms with Crippen LogP contribution in [0, 0.1) is 0 Å². The van der Waals surface area contributed by atoms with Gasteiger partial charge in [-0.3, -0.25) is 0 Å². The zero-order valence-corrected chi connectivity index (χ0v) is 10.8. The third kappa shape index (κ3) is 3.84. The summed E-state index contributed by atoms with van der Waals surface area (Å²) >= 11 is 1.80. The summed E-state index contributed by atoms with van der Waals surface area (Å²) in [7, 11) is 0. The van der Waals surface area contributed by atoms with Crippen molar-refractivity contribution in [1.82, 2.24) is 5.32 Å². The molecule has 2 rings (SSSR count). The Bertz CT molecular complexity index is 445. The van der Waals surface area contributed by atoms with E-state index in [1.54, 1.807) is 11.3 Å². The molecule has 0 saturated heterocycles. The van der Waals surface area contributed by atoms with E-state index in [1.807, 2.05) is 6.07 Å². The average molecular weight is 243 g/mol. The van der Waals surface area contributed by atoms with E-state index in [9.17, 15) is 0 Å². The van der Waals surface area contributed by atoms with E-state index >= 15 is 0 Å². The lowest BCUT2D eigenvalue weighted by molar-refractivity contribution is 0.628. The predicted molar refractivity (Wildman–Crippen MR) is 76.2 cm³/mol. The van der Waals surface area contributed by atoms with Gasteiger partial charge in [0, 0.05) is 17.5 Å². The van der Waals surface area contributed by atoms with Crippen LogP contribution in [0.1, 0.15) is 23.4 Å². The number of benzene rings is 1. The van der Waals surface area contributed by atoms with E-state index in [1.165, 1.54) is 10.4 Å². The monoisotopic (exact) mass is 243 g/mol. The zero-order valence-electron chi connectivity index (χ0n) is 9.97. The van der Waals surface area contributed by atoms with Crippen LogP contribution >= 0.6 is 11.3 Å². The fraction of sp³-hybridized carbons (Fsp3) is 0.200. The van der Waals surface area contributed by atoms with Crippen molar-refractivity contribution in [3.63, 3.8) is 0 Å². The summed E-state index contributed by atoms with van der Waals surface area (Å²) < 4.78 is 0. The normalized spacial score (nSPS) is 13.0. The first-order valence-corrected chi connectivity index (χ1v) is 6.72. The van der Waals surface area contributed by atoms with Crippen LogP contribution in [0.15, 0.2) is 53.9 Å². The molecular formula is C15H17NS. The van der Waals surface area contributed by atoms with Gasteiger partial charge in [0.15, 0.2) is 0 Å². The first-order valence-electron chi connectivity index (χ1n) is 5.84. The maximum atomic E-state index is 3.48. The summed E-state index contributed by atoms with van der Waals surface area (Å²) in [6, 6.07) is 15.1. The van der Waals surface area contributed by atoms with E-state index in [2.05, 4.69) is 66.2 Å². The second-order valence-corrected chi connectivity index (χ2v) is 4.94. The largest absolute Gasteiger partial charge is 0.306 e. The molecule has 0 saturated carbocycles. The summed E-state index contributed by atoms with van der Waals surface area (Å²) in [6.45, 7) is 3.09. The summed E-state index contributed by atoms with van der Waals surface area (Å²) in [5, 5.41) is 5.60. The number of nitrogens with one attached hydrogen (secondary N) is 1. The zero-order chi connectivity index (χ0) is 11.9. The minimum Gasteiger partial charge on any atom is -0.306 e. The molecule has 0 fully saturated rings. The first kappa shape index (κ1) is 12.1. The lowest BCUT2D eigenvalue weighted by atomic mass is 10.2. The van der Waals surface area contributed by atoms with Crippen molar-refractivity contribution in [3.05, 3.63) is 64.4 Å². The van der Waals surface area contributed by atoms with Crippen LogP contribution in [0.5, 0.6) is 0 Å². The Morgan fingerprint density at radius 3 is 2.71 bits per heavy atom. The molecule has 88 valence electrons. The predicted octanol–water partition coefficient (Wildman–Crippen LogP) is 4.11. The number of hydrogen-bond donors (Lipinski definition) is 1. The molecule has 2 heteroatoms. The van der Waals surface area contributed by atoms with Gasteiger partial charge in [-0.15, -0.1) is 11.3 Å². The van der Waals surface area contributed by atoms with Gasteiger partial charge in [0.25, 0.3) is 0 Å². The summed E-state index contributed by atoms with van der Waals surface area (Å²) in [6.07, 6.45) is 4.31. The molecule has 0 aliphatic heterocycles. The van der Waals surface area contributed by atoms with Gasteiger partial charge in [0.05, 0.1) is 0 Å². The highest BCUT2D eigenvalue weighted by Gasteiger charge is 2.02. The third-order valence-electron chi connectivity index (χ3n) is 2.62. The Balaban J connectivity index is 1.78. The molecular weight excluding hydrogens is 226 g/mol. The van der Waals surface area contributed by atoms with Gasteiger partial charge >= 0.3 is 0 Å². The average Bonchev–Trinajstić information content (AvgIpc) is 2.89. The van der Waals surface area contributed by atoms with Crippen LogP contribution in [-0.4, -0.2) is 6.54 Å². The molecule has 17 heavy (non-hydrogen) atoms. The van der Waals surface area contributed by atoms with Crippen LogP contribution in [0.2, 0.25) is 0 Å². The van der Waals surface area contributed by atoms with E-state index in [4.69, 9.17) is 0 Å². The lowest BCUT2D eigenvalue weighted by Gasteiger charge is -2.09. The maximum absolute atomic E-state index is 3.48. The number of thiophene rings is 1. The van der Waals surface area contributed by atoms with Gasteiger partial charge in [0.2, 0.25) is 0 Å². The standard InChI is InChI=1S/C15H17NS/c1-13(15-10-6-12-17-15)16-11-5-9-14-7-3-2-4-8-14/h2-10,12-13,16H,11H2,1H3/b9-5+/t13-/m1/s1. The van der Waals surface area contributed by atoms with Gasteiger partial charge in [-0.2, -0.15) is 0 Å². The molecule has 1 atom stereocenters. The van der Waals surface area contributed by atoms with Crippen LogP contribution in [0.3, 0.4) is 0 Å². The lowest BCUT2D eigenvalue weighted by Crippen LogP contribution is -2.17. The third-order valence-corrected chi connectivity index (χ3v) is 3.68. The van der Waals surface area contributed by atoms with Crippen molar-refractivity contribution >= 4 is 17.4 Å². The topological polar surface area (TPSA) is 12.0 Å². The maximum Gasteiger partial charge on any atom is 0.0388 e. The Morgan fingerprint density at radius 2 is 2.00 bits per heavy atom. The first-order chi connectivity index (χ1) is 8.36. The SMILES string of the molecule is C[C@@H](NC/C=C/c1ccccc1)c1cccs1. The second kappa shape index (κ2) is 6.38. The number of rotatable bonds is 5. The van der Waals surface area contributed by atoms with Gasteiger partial charge < -0.3 is 5.32 Å². The fourth-order valence-electron chi connectivity index (χ4n) is 1.64. The Hall–Kier alpha value is -1.38.